The predicted molar refractivity (Wildman–Crippen MR) is 89.7 cm³/mol. The van der Waals surface area contributed by atoms with Crippen LogP contribution >= 0.6 is 11.8 Å². The Morgan fingerprint density at radius 2 is 2.16 bits per heavy atom. The summed E-state index contributed by atoms with van der Waals surface area (Å²) in [6, 6.07) is 4.64. The van der Waals surface area contributed by atoms with Crippen molar-refractivity contribution in [3.63, 3.8) is 0 Å². The SMILES string of the molecule is COC(=O)CN=C1CC(=CSC)C(=O)C1c1cccc(C(F)(F)F)c1. The van der Waals surface area contributed by atoms with E-state index >= 15 is 0 Å². The number of ketones is 1. The van der Waals surface area contributed by atoms with Crippen molar-refractivity contribution in [3.8, 4) is 0 Å². The van der Waals surface area contributed by atoms with Gasteiger partial charge < -0.3 is 4.74 Å². The van der Waals surface area contributed by atoms with Gasteiger partial charge >= 0.3 is 12.1 Å². The van der Waals surface area contributed by atoms with Crippen molar-refractivity contribution in [1.82, 2.24) is 0 Å². The van der Waals surface area contributed by atoms with Crippen molar-refractivity contribution in [3.05, 3.63) is 46.4 Å². The highest BCUT2D eigenvalue weighted by molar-refractivity contribution is 8.01. The standard InChI is InChI=1S/C17H16F3NO3S/c1-24-14(22)8-21-13-7-11(9-25-2)16(23)15(13)10-4-3-5-12(6-10)17(18,19)20/h3-6,9,15H,7-8H2,1-2H3. The van der Waals surface area contributed by atoms with Crippen molar-refractivity contribution in [2.45, 2.75) is 18.5 Å². The number of allylic oxidation sites excluding steroid dienone is 1. The van der Waals surface area contributed by atoms with Crippen LogP contribution in [0.15, 0.2) is 40.2 Å². The van der Waals surface area contributed by atoms with Gasteiger partial charge in [-0.15, -0.1) is 11.8 Å². The molecule has 0 radical (unpaired) electrons. The molecule has 25 heavy (non-hydrogen) atoms. The van der Waals surface area contributed by atoms with E-state index < -0.39 is 23.6 Å². The molecule has 1 atom stereocenters. The Bertz CT molecular complexity index is 741. The minimum Gasteiger partial charge on any atom is -0.468 e. The Balaban J connectivity index is 2.45. The van der Waals surface area contributed by atoms with E-state index in [2.05, 4.69) is 9.73 Å². The number of ether oxygens (including phenoxy) is 1. The van der Waals surface area contributed by atoms with Gasteiger partial charge in [0.15, 0.2) is 5.78 Å². The van der Waals surface area contributed by atoms with E-state index in [1.807, 2.05) is 0 Å². The fourth-order valence-corrected chi connectivity index (χ4v) is 3.06. The first kappa shape index (κ1) is 19.2. The van der Waals surface area contributed by atoms with Gasteiger partial charge in [-0.2, -0.15) is 13.2 Å². The zero-order valence-corrected chi connectivity index (χ0v) is 14.4. The molecule has 1 fully saturated rings. The third-order valence-electron chi connectivity index (χ3n) is 3.73. The fourth-order valence-electron chi connectivity index (χ4n) is 2.58. The van der Waals surface area contributed by atoms with Crippen molar-refractivity contribution in [1.29, 1.82) is 0 Å². The van der Waals surface area contributed by atoms with Gasteiger partial charge in [-0.1, -0.05) is 18.2 Å². The smallest absolute Gasteiger partial charge is 0.416 e. The molecule has 0 bridgehead atoms. The monoisotopic (exact) mass is 371 g/mol. The van der Waals surface area contributed by atoms with E-state index in [1.54, 1.807) is 11.7 Å². The van der Waals surface area contributed by atoms with Gasteiger partial charge in [0.05, 0.1) is 18.6 Å². The Hall–Kier alpha value is -2.09. The summed E-state index contributed by atoms with van der Waals surface area (Å²) in [5.41, 5.74) is 0.230. The topological polar surface area (TPSA) is 55.7 Å². The number of esters is 1. The van der Waals surface area contributed by atoms with Crippen molar-refractivity contribution < 1.29 is 27.5 Å². The second-order valence-electron chi connectivity index (χ2n) is 5.36. The summed E-state index contributed by atoms with van der Waals surface area (Å²) in [5.74, 6) is -1.78. The van der Waals surface area contributed by atoms with Gasteiger partial charge in [0.1, 0.15) is 6.54 Å². The minimum absolute atomic E-state index is 0.206. The van der Waals surface area contributed by atoms with Crippen LogP contribution in [0.1, 0.15) is 23.5 Å². The van der Waals surface area contributed by atoms with Crippen LogP contribution in [0, 0.1) is 0 Å². The first-order chi connectivity index (χ1) is 11.8. The lowest BCUT2D eigenvalue weighted by Gasteiger charge is -2.13. The van der Waals surface area contributed by atoms with E-state index in [-0.39, 0.29) is 24.3 Å². The number of carbonyl (C=O) groups excluding carboxylic acids is 2. The summed E-state index contributed by atoms with van der Waals surface area (Å²) in [6.07, 6.45) is -2.51. The van der Waals surface area contributed by atoms with E-state index in [1.165, 1.54) is 31.0 Å². The largest absolute Gasteiger partial charge is 0.468 e. The number of thioether (sulfide) groups is 1. The zero-order valence-electron chi connectivity index (χ0n) is 13.6. The first-order valence-corrected chi connectivity index (χ1v) is 8.60. The number of hydrogen-bond acceptors (Lipinski definition) is 5. The average molecular weight is 371 g/mol. The normalized spacial score (nSPS) is 21.2. The van der Waals surface area contributed by atoms with Gasteiger partial charge in [-0.05, 0) is 23.3 Å². The molecule has 0 saturated heterocycles. The van der Waals surface area contributed by atoms with Crippen LogP contribution < -0.4 is 0 Å². The maximum atomic E-state index is 13.0. The van der Waals surface area contributed by atoms with Gasteiger partial charge in [0.2, 0.25) is 0 Å². The quantitative estimate of drug-likeness (QED) is 0.599. The van der Waals surface area contributed by atoms with Crippen LogP contribution in [0.25, 0.3) is 0 Å². The van der Waals surface area contributed by atoms with Gasteiger partial charge in [-0.3, -0.25) is 14.6 Å². The van der Waals surface area contributed by atoms with E-state index in [0.717, 1.165) is 12.1 Å². The lowest BCUT2D eigenvalue weighted by molar-refractivity contribution is -0.139. The van der Waals surface area contributed by atoms with Gasteiger partial charge in [0.25, 0.3) is 0 Å². The second-order valence-corrected chi connectivity index (χ2v) is 6.07. The molecule has 1 aliphatic carbocycles. The first-order valence-electron chi connectivity index (χ1n) is 7.31. The fraction of sp³-hybridized carbons (Fsp3) is 0.353. The molecule has 1 aromatic carbocycles. The zero-order chi connectivity index (χ0) is 18.6. The molecule has 0 spiro atoms. The molecule has 0 aliphatic heterocycles. The molecule has 8 heteroatoms. The molecule has 0 amide bonds. The molecule has 1 unspecified atom stereocenters. The van der Waals surface area contributed by atoms with Crippen LogP contribution in [0.4, 0.5) is 13.2 Å². The molecule has 0 aromatic heterocycles. The average Bonchev–Trinajstić information content (AvgIpc) is 2.88. The van der Waals surface area contributed by atoms with Crippen LogP contribution in [0.2, 0.25) is 0 Å². The summed E-state index contributed by atoms with van der Waals surface area (Å²) in [6.45, 7) is -0.277. The van der Waals surface area contributed by atoms with E-state index in [4.69, 9.17) is 0 Å². The number of Topliss-reactive ketones (excluding diaryl/α,β-unsaturated/α-hetero) is 1. The number of rotatable bonds is 4. The van der Waals surface area contributed by atoms with E-state index in [9.17, 15) is 22.8 Å². The third kappa shape index (κ3) is 4.50. The van der Waals surface area contributed by atoms with Crippen LogP contribution in [-0.2, 0) is 20.5 Å². The van der Waals surface area contributed by atoms with Crippen molar-refractivity contribution in [2.75, 3.05) is 19.9 Å². The minimum atomic E-state index is -4.50. The maximum Gasteiger partial charge on any atom is 0.416 e. The molecule has 1 saturated carbocycles. The number of aliphatic imine (C=N–C) groups is 1. The molecule has 1 aromatic rings. The Labute approximate surface area is 147 Å². The molecule has 2 rings (SSSR count). The highest BCUT2D eigenvalue weighted by Crippen LogP contribution is 2.37. The Morgan fingerprint density at radius 3 is 2.76 bits per heavy atom. The predicted octanol–water partition coefficient (Wildman–Crippen LogP) is 3.62. The second kappa shape index (κ2) is 7.86. The number of benzene rings is 1. The molecular weight excluding hydrogens is 355 g/mol. The summed E-state index contributed by atoms with van der Waals surface area (Å²) in [5, 5.41) is 1.66. The van der Waals surface area contributed by atoms with Gasteiger partial charge in [0, 0.05) is 17.7 Å². The molecular formula is C17H16F3NO3S. The molecule has 134 valence electrons. The van der Waals surface area contributed by atoms with Gasteiger partial charge in [-0.25, -0.2) is 0 Å². The van der Waals surface area contributed by atoms with Crippen LogP contribution in [0.5, 0.6) is 0 Å². The summed E-state index contributed by atoms with van der Waals surface area (Å²) in [4.78, 5) is 28.0. The molecule has 0 N–H and O–H groups in total. The Morgan fingerprint density at radius 1 is 1.44 bits per heavy atom. The summed E-state index contributed by atoms with van der Waals surface area (Å²) < 4.78 is 43.4. The van der Waals surface area contributed by atoms with Crippen molar-refractivity contribution >= 4 is 29.2 Å². The molecule has 4 nitrogen and oxygen atoms in total. The summed E-state index contributed by atoms with van der Waals surface area (Å²) in [7, 11) is 1.21. The third-order valence-corrected chi connectivity index (χ3v) is 4.25. The van der Waals surface area contributed by atoms with Crippen LogP contribution in [-0.4, -0.2) is 37.4 Å². The number of halogens is 3. The number of hydrogen-bond donors (Lipinski definition) is 0. The number of carbonyl (C=O) groups is 2. The number of alkyl halides is 3. The molecule has 1 aliphatic rings. The lowest BCUT2D eigenvalue weighted by Crippen LogP contribution is -2.16. The maximum absolute atomic E-state index is 13.0. The lowest BCUT2D eigenvalue weighted by atomic mass is 9.93. The van der Waals surface area contributed by atoms with Crippen LogP contribution in [0.3, 0.4) is 0 Å². The number of nitrogens with zero attached hydrogens (tertiary/aromatic N) is 1. The summed E-state index contributed by atoms with van der Waals surface area (Å²) >= 11 is 1.33. The van der Waals surface area contributed by atoms with Crippen molar-refractivity contribution in [2.24, 2.45) is 4.99 Å². The number of methoxy groups -OCH3 is 1. The highest BCUT2D eigenvalue weighted by atomic mass is 32.2. The molecule has 0 heterocycles. The Kier molecular flexibility index (Phi) is 6.05. The highest BCUT2D eigenvalue weighted by Gasteiger charge is 2.38. The van der Waals surface area contributed by atoms with E-state index in [0.29, 0.717) is 11.3 Å².